The van der Waals surface area contributed by atoms with Crippen LogP contribution in [0.4, 0.5) is 5.88 Å². The number of amides is 1. The number of Topliss-reactive ketones (excluding diaryl/α,β-unsaturated/α-hetero) is 1. The zero-order chi connectivity index (χ0) is 19.3. The van der Waals surface area contributed by atoms with Gasteiger partial charge in [-0.3, -0.25) is 14.9 Å². The van der Waals surface area contributed by atoms with Crippen LogP contribution in [0.5, 0.6) is 0 Å². The van der Waals surface area contributed by atoms with E-state index in [0.717, 1.165) is 11.8 Å². The van der Waals surface area contributed by atoms with E-state index in [-0.39, 0.29) is 40.9 Å². The first kappa shape index (κ1) is 19.5. The molecule has 8 nitrogen and oxygen atoms in total. The molecule has 0 aromatic carbocycles. The number of hydrogen-bond donors (Lipinski definition) is 1. The molecule has 2 rings (SSSR count). The van der Waals surface area contributed by atoms with Crippen LogP contribution in [0, 0.1) is 12.1 Å². The number of thioether (sulfide) groups is 1. The van der Waals surface area contributed by atoms with Crippen molar-refractivity contribution in [2.75, 3.05) is 17.7 Å². The maximum Gasteiger partial charge on any atom is 0.344 e. The van der Waals surface area contributed by atoms with Gasteiger partial charge in [0.25, 0.3) is 5.03 Å². The lowest BCUT2D eigenvalue weighted by Gasteiger charge is -2.06. The van der Waals surface area contributed by atoms with E-state index in [0.29, 0.717) is 9.76 Å². The molecule has 1 N–H and O–H groups in total. The number of pyridine rings is 1. The van der Waals surface area contributed by atoms with Gasteiger partial charge in [0.05, 0.1) is 17.9 Å². The van der Waals surface area contributed by atoms with Gasteiger partial charge in [-0.2, -0.15) is 4.73 Å². The molecule has 138 valence electrons. The predicted octanol–water partition coefficient (Wildman–Crippen LogP) is 2.33. The Morgan fingerprint density at radius 3 is 2.65 bits per heavy atom. The van der Waals surface area contributed by atoms with Gasteiger partial charge >= 0.3 is 5.97 Å². The van der Waals surface area contributed by atoms with Crippen LogP contribution >= 0.6 is 11.8 Å². The average molecular weight is 378 g/mol. The Morgan fingerprint density at radius 1 is 1.31 bits per heavy atom. The molecule has 0 aliphatic rings. The summed E-state index contributed by atoms with van der Waals surface area (Å²) in [4.78, 5) is 36.2. The maximum atomic E-state index is 12.2. The first-order chi connectivity index (χ1) is 12.3. The fraction of sp³-hybridized carbons (Fsp3) is 0.294. The number of rotatable bonds is 7. The van der Waals surface area contributed by atoms with Gasteiger partial charge in [-0.25, -0.2) is 4.79 Å². The Labute approximate surface area is 154 Å². The summed E-state index contributed by atoms with van der Waals surface area (Å²) in [6, 6.07) is 4.85. The van der Waals surface area contributed by atoms with Crippen LogP contribution in [0.3, 0.4) is 0 Å². The molecule has 0 saturated carbocycles. The van der Waals surface area contributed by atoms with E-state index in [2.05, 4.69) is 5.32 Å². The minimum atomic E-state index is -0.752. The van der Waals surface area contributed by atoms with E-state index >= 15 is 0 Å². The van der Waals surface area contributed by atoms with Crippen LogP contribution in [0.2, 0.25) is 0 Å². The highest BCUT2D eigenvalue weighted by Gasteiger charge is 2.28. The summed E-state index contributed by atoms with van der Waals surface area (Å²) >= 11 is 1.03. The normalized spacial score (nSPS) is 10.4. The fourth-order valence-corrected chi connectivity index (χ4v) is 3.00. The Hall–Kier alpha value is -2.81. The third-order valence-corrected chi connectivity index (χ3v) is 4.33. The Balaban J connectivity index is 2.19. The van der Waals surface area contributed by atoms with Gasteiger partial charge in [0.15, 0.2) is 12.0 Å². The van der Waals surface area contributed by atoms with Crippen LogP contribution in [-0.2, 0) is 9.53 Å². The van der Waals surface area contributed by atoms with Crippen molar-refractivity contribution < 1.29 is 28.3 Å². The number of esters is 1. The molecule has 0 unspecified atom stereocenters. The molecule has 2 aromatic rings. The standard InChI is InChI=1S/C17H18N2O6S/c1-4-24-17(22)15-14(10(2)20)11(3)25-16(15)18-12(21)9-26-13-7-5-6-8-19(13)23/h5-8H,4,9H2,1-3H3,(H,18,21). The van der Waals surface area contributed by atoms with Gasteiger partial charge in [0.1, 0.15) is 11.3 Å². The molecule has 0 bridgehead atoms. The van der Waals surface area contributed by atoms with Crippen molar-refractivity contribution in [1.82, 2.24) is 0 Å². The topological polar surface area (TPSA) is 113 Å². The molecular weight excluding hydrogens is 360 g/mol. The fourth-order valence-electron chi connectivity index (χ4n) is 2.28. The van der Waals surface area contributed by atoms with Gasteiger partial charge in [0, 0.05) is 12.1 Å². The third-order valence-electron chi connectivity index (χ3n) is 3.31. The quantitative estimate of drug-likeness (QED) is 0.259. The number of ether oxygens (including phenoxy) is 1. The highest BCUT2D eigenvalue weighted by atomic mass is 32.2. The number of aryl methyl sites for hydroxylation is 1. The summed E-state index contributed by atoms with van der Waals surface area (Å²) in [5.41, 5.74) is -0.0272. The van der Waals surface area contributed by atoms with Crippen molar-refractivity contribution >= 4 is 35.3 Å². The monoisotopic (exact) mass is 378 g/mol. The predicted molar refractivity (Wildman–Crippen MR) is 94.2 cm³/mol. The second kappa shape index (κ2) is 8.52. The summed E-state index contributed by atoms with van der Waals surface area (Å²) < 4.78 is 11.0. The molecule has 0 aliphatic carbocycles. The molecule has 0 radical (unpaired) electrons. The molecule has 26 heavy (non-hydrogen) atoms. The van der Waals surface area contributed by atoms with Crippen molar-refractivity contribution in [3.63, 3.8) is 0 Å². The van der Waals surface area contributed by atoms with Crippen LogP contribution in [-0.4, -0.2) is 30.0 Å². The molecule has 2 heterocycles. The molecule has 0 fully saturated rings. The number of nitrogens with zero attached hydrogens (tertiary/aromatic N) is 1. The number of carbonyl (C=O) groups excluding carboxylic acids is 3. The van der Waals surface area contributed by atoms with Crippen molar-refractivity contribution in [2.45, 2.75) is 25.8 Å². The van der Waals surface area contributed by atoms with Crippen molar-refractivity contribution in [2.24, 2.45) is 0 Å². The molecule has 0 atom stereocenters. The first-order valence-corrected chi connectivity index (χ1v) is 8.76. The van der Waals surface area contributed by atoms with Crippen molar-refractivity contribution in [3.8, 4) is 0 Å². The average Bonchev–Trinajstić information content (AvgIpc) is 2.90. The van der Waals surface area contributed by atoms with Gasteiger partial charge in [-0.15, -0.1) is 0 Å². The van der Waals surface area contributed by atoms with Gasteiger partial charge in [0.2, 0.25) is 11.8 Å². The minimum absolute atomic E-state index is 0.0758. The SMILES string of the molecule is CCOC(=O)c1c(NC(=O)CSc2cccc[n+]2[O-])oc(C)c1C(C)=O. The van der Waals surface area contributed by atoms with E-state index in [4.69, 9.17) is 9.15 Å². The molecule has 0 saturated heterocycles. The second-order valence-electron chi connectivity index (χ2n) is 5.22. The van der Waals surface area contributed by atoms with Crippen LogP contribution in [0.15, 0.2) is 33.8 Å². The lowest BCUT2D eigenvalue weighted by atomic mass is 10.1. The number of aromatic nitrogens is 1. The Morgan fingerprint density at radius 2 is 2.04 bits per heavy atom. The molecule has 1 amide bonds. The first-order valence-electron chi connectivity index (χ1n) is 7.77. The number of furan rings is 1. The largest absolute Gasteiger partial charge is 0.618 e. The summed E-state index contributed by atoms with van der Waals surface area (Å²) in [6.07, 6.45) is 1.33. The summed E-state index contributed by atoms with van der Waals surface area (Å²) in [5, 5.41) is 14.4. The van der Waals surface area contributed by atoms with E-state index < -0.39 is 11.9 Å². The molecule has 0 spiro atoms. The summed E-state index contributed by atoms with van der Waals surface area (Å²) in [6.45, 7) is 4.56. The number of ketones is 1. The van der Waals surface area contributed by atoms with E-state index in [1.165, 1.54) is 20.0 Å². The third kappa shape index (κ3) is 4.42. The van der Waals surface area contributed by atoms with E-state index in [9.17, 15) is 19.6 Å². The number of nitrogens with one attached hydrogen (secondary N) is 1. The number of anilines is 1. The van der Waals surface area contributed by atoms with Gasteiger partial charge in [-0.05, 0) is 38.6 Å². The lowest BCUT2D eigenvalue weighted by molar-refractivity contribution is -0.645. The van der Waals surface area contributed by atoms with Crippen molar-refractivity contribution in [3.05, 3.63) is 46.5 Å². The zero-order valence-corrected chi connectivity index (χ0v) is 15.3. The van der Waals surface area contributed by atoms with Gasteiger partial charge < -0.3 is 14.4 Å². The van der Waals surface area contributed by atoms with E-state index in [1.807, 2.05) is 0 Å². The Kier molecular flexibility index (Phi) is 6.40. The number of carbonyl (C=O) groups is 3. The Bertz CT molecular complexity index is 846. The minimum Gasteiger partial charge on any atom is -0.618 e. The molecular formula is C17H18N2O6S. The maximum absolute atomic E-state index is 12.2. The van der Waals surface area contributed by atoms with Gasteiger partial charge in [-0.1, -0.05) is 0 Å². The summed E-state index contributed by atoms with van der Waals surface area (Å²) in [5.74, 6) is -1.63. The molecule has 9 heteroatoms. The molecule has 0 aliphatic heterocycles. The highest BCUT2D eigenvalue weighted by Crippen LogP contribution is 2.29. The smallest absolute Gasteiger partial charge is 0.344 e. The zero-order valence-electron chi connectivity index (χ0n) is 14.5. The van der Waals surface area contributed by atoms with Crippen molar-refractivity contribution in [1.29, 1.82) is 0 Å². The molecule has 2 aromatic heterocycles. The van der Waals surface area contributed by atoms with Crippen LogP contribution in [0.25, 0.3) is 0 Å². The number of hydrogen-bond acceptors (Lipinski definition) is 7. The van der Waals surface area contributed by atoms with Crippen LogP contribution in [0.1, 0.15) is 40.3 Å². The summed E-state index contributed by atoms with van der Waals surface area (Å²) in [7, 11) is 0. The van der Waals surface area contributed by atoms with Crippen LogP contribution < -0.4 is 10.0 Å². The lowest BCUT2D eigenvalue weighted by Crippen LogP contribution is -2.28. The van der Waals surface area contributed by atoms with E-state index in [1.54, 1.807) is 25.1 Å². The highest BCUT2D eigenvalue weighted by molar-refractivity contribution is 7.99. The second-order valence-corrected chi connectivity index (χ2v) is 6.21.